The summed E-state index contributed by atoms with van der Waals surface area (Å²) in [5, 5.41) is 3.17. The third-order valence-electron chi connectivity index (χ3n) is 3.17. The molecule has 0 spiro atoms. The maximum absolute atomic E-state index is 12.6. The van der Waals surface area contributed by atoms with Crippen LogP contribution in [0.25, 0.3) is 0 Å². The summed E-state index contributed by atoms with van der Waals surface area (Å²) in [6.45, 7) is 3.84. The normalized spacial score (nSPS) is 13.7. The number of aryl methyl sites for hydroxylation is 1. The van der Waals surface area contributed by atoms with Crippen molar-refractivity contribution in [2.24, 2.45) is 0 Å². The highest BCUT2D eigenvalue weighted by atomic mass is 19.4. The Morgan fingerprint density at radius 2 is 1.94 bits per heavy atom. The van der Waals surface area contributed by atoms with Crippen molar-refractivity contribution in [3.63, 3.8) is 0 Å². The molecule has 1 rings (SSSR count). The molecule has 1 atom stereocenters. The van der Waals surface area contributed by atoms with Gasteiger partial charge >= 0.3 is 6.18 Å². The maximum Gasteiger partial charge on any atom is 0.416 e. The van der Waals surface area contributed by atoms with Gasteiger partial charge in [-0.25, -0.2) is 0 Å². The second-order valence-corrected chi connectivity index (χ2v) is 4.55. The molecule has 0 amide bonds. The monoisotopic (exact) mass is 259 g/mol. The average molecular weight is 259 g/mol. The molecule has 0 aliphatic rings. The predicted molar refractivity (Wildman–Crippen MR) is 67.5 cm³/mol. The minimum atomic E-state index is -4.26. The Morgan fingerprint density at radius 1 is 1.28 bits per heavy atom. The lowest BCUT2D eigenvalue weighted by atomic mass is 9.95. The second-order valence-electron chi connectivity index (χ2n) is 4.55. The Labute approximate surface area is 106 Å². The molecular weight excluding hydrogens is 239 g/mol. The lowest BCUT2D eigenvalue weighted by Crippen LogP contribution is -2.18. The van der Waals surface area contributed by atoms with E-state index in [-0.39, 0.29) is 6.04 Å². The third kappa shape index (κ3) is 3.73. The van der Waals surface area contributed by atoms with Gasteiger partial charge in [-0.1, -0.05) is 25.8 Å². The van der Waals surface area contributed by atoms with Crippen molar-refractivity contribution in [2.45, 2.75) is 45.3 Å². The minimum Gasteiger partial charge on any atom is -0.313 e. The van der Waals surface area contributed by atoms with E-state index in [0.29, 0.717) is 5.56 Å². The molecule has 4 heteroatoms. The van der Waals surface area contributed by atoms with Gasteiger partial charge in [0, 0.05) is 6.04 Å². The number of benzene rings is 1. The van der Waals surface area contributed by atoms with E-state index in [0.717, 1.165) is 24.8 Å². The maximum atomic E-state index is 12.6. The van der Waals surface area contributed by atoms with Crippen LogP contribution < -0.4 is 5.32 Å². The fourth-order valence-electron chi connectivity index (χ4n) is 2.11. The number of unbranched alkanes of at least 4 members (excludes halogenated alkanes) is 1. The summed E-state index contributed by atoms with van der Waals surface area (Å²) in [4.78, 5) is 0. The summed E-state index contributed by atoms with van der Waals surface area (Å²) in [5.41, 5.74) is 1.08. The lowest BCUT2D eigenvalue weighted by molar-refractivity contribution is -0.137. The first-order valence-corrected chi connectivity index (χ1v) is 6.25. The van der Waals surface area contributed by atoms with Crippen LogP contribution in [0.5, 0.6) is 0 Å². The summed E-state index contributed by atoms with van der Waals surface area (Å²) in [5.74, 6) is 0. The minimum absolute atomic E-state index is 0.132. The molecule has 0 saturated heterocycles. The standard InChI is InChI=1S/C14H20F3N/c1-4-5-6-13(18-3)12-8-7-11(9-10(12)2)14(15,16)17/h7-9,13,18H,4-6H2,1-3H3. The fraction of sp³-hybridized carbons (Fsp3) is 0.571. The van der Waals surface area contributed by atoms with E-state index in [2.05, 4.69) is 12.2 Å². The number of hydrogen-bond acceptors (Lipinski definition) is 1. The molecule has 0 aliphatic heterocycles. The van der Waals surface area contributed by atoms with Gasteiger partial charge in [-0.2, -0.15) is 13.2 Å². The number of halogens is 3. The van der Waals surface area contributed by atoms with Gasteiger partial charge in [0.1, 0.15) is 0 Å². The molecule has 0 radical (unpaired) electrons. The van der Waals surface area contributed by atoms with E-state index in [1.165, 1.54) is 12.1 Å². The smallest absolute Gasteiger partial charge is 0.313 e. The van der Waals surface area contributed by atoms with Gasteiger partial charge in [-0.3, -0.25) is 0 Å². The van der Waals surface area contributed by atoms with Gasteiger partial charge in [0.15, 0.2) is 0 Å². The van der Waals surface area contributed by atoms with E-state index in [1.807, 2.05) is 7.05 Å². The van der Waals surface area contributed by atoms with Crippen molar-refractivity contribution < 1.29 is 13.2 Å². The predicted octanol–water partition coefficient (Wildman–Crippen LogP) is 4.46. The van der Waals surface area contributed by atoms with E-state index < -0.39 is 11.7 Å². The van der Waals surface area contributed by atoms with Crippen LogP contribution in [0.15, 0.2) is 18.2 Å². The van der Waals surface area contributed by atoms with Crippen LogP contribution in [0, 0.1) is 6.92 Å². The van der Waals surface area contributed by atoms with Crippen LogP contribution in [0.1, 0.15) is 48.9 Å². The zero-order valence-corrected chi connectivity index (χ0v) is 11.1. The van der Waals surface area contributed by atoms with Crippen molar-refractivity contribution in [2.75, 3.05) is 7.05 Å². The van der Waals surface area contributed by atoms with E-state index in [4.69, 9.17) is 0 Å². The quantitative estimate of drug-likeness (QED) is 0.823. The summed E-state index contributed by atoms with van der Waals surface area (Å²) in [6, 6.07) is 4.12. The van der Waals surface area contributed by atoms with Crippen LogP contribution in [0.4, 0.5) is 13.2 Å². The van der Waals surface area contributed by atoms with Gasteiger partial charge in [0.2, 0.25) is 0 Å². The Hall–Kier alpha value is -1.03. The molecule has 0 bridgehead atoms. The Kier molecular flexibility index (Phi) is 5.20. The summed E-state index contributed by atoms with van der Waals surface area (Å²) in [7, 11) is 1.84. The molecule has 1 aromatic carbocycles. The SMILES string of the molecule is CCCCC(NC)c1ccc(C(F)(F)F)cc1C. The van der Waals surface area contributed by atoms with Crippen molar-refractivity contribution in [3.05, 3.63) is 34.9 Å². The molecule has 0 heterocycles. The number of alkyl halides is 3. The van der Waals surface area contributed by atoms with Crippen molar-refractivity contribution in [3.8, 4) is 0 Å². The van der Waals surface area contributed by atoms with Gasteiger partial charge in [-0.15, -0.1) is 0 Å². The number of nitrogens with one attached hydrogen (secondary N) is 1. The molecule has 102 valence electrons. The van der Waals surface area contributed by atoms with E-state index >= 15 is 0 Å². The van der Waals surface area contributed by atoms with Crippen LogP contribution >= 0.6 is 0 Å². The summed E-state index contributed by atoms with van der Waals surface area (Å²) in [6.07, 6.45) is -1.18. The first-order valence-electron chi connectivity index (χ1n) is 6.25. The molecular formula is C14H20F3N. The zero-order valence-electron chi connectivity index (χ0n) is 11.1. The molecule has 18 heavy (non-hydrogen) atoms. The highest BCUT2D eigenvalue weighted by Gasteiger charge is 2.30. The Morgan fingerprint density at radius 3 is 2.39 bits per heavy atom. The molecule has 1 N–H and O–H groups in total. The lowest BCUT2D eigenvalue weighted by Gasteiger charge is -2.20. The zero-order chi connectivity index (χ0) is 13.8. The third-order valence-corrected chi connectivity index (χ3v) is 3.17. The first-order chi connectivity index (χ1) is 8.40. The molecule has 0 saturated carbocycles. The average Bonchev–Trinajstić information content (AvgIpc) is 2.30. The van der Waals surface area contributed by atoms with Crippen molar-refractivity contribution in [1.82, 2.24) is 5.32 Å². The summed E-state index contributed by atoms with van der Waals surface area (Å²) < 4.78 is 37.7. The van der Waals surface area contributed by atoms with Gasteiger partial charge in [-0.05, 0) is 43.7 Å². The van der Waals surface area contributed by atoms with Crippen molar-refractivity contribution >= 4 is 0 Å². The molecule has 1 aromatic rings. The largest absolute Gasteiger partial charge is 0.416 e. The van der Waals surface area contributed by atoms with E-state index in [9.17, 15) is 13.2 Å². The Balaban J connectivity index is 2.96. The van der Waals surface area contributed by atoms with Gasteiger partial charge < -0.3 is 5.32 Å². The molecule has 0 fully saturated rings. The van der Waals surface area contributed by atoms with Crippen LogP contribution in [0.2, 0.25) is 0 Å². The highest BCUT2D eigenvalue weighted by Crippen LogP contribution is 2.32. The van der Waals surface area contributed by atoms with Crippen LogP contribution in [-0.4, -0.2) is 7.05 Å². The first kappa shape index (κ1) is 15.0. The molecule has 0 aromatic heterocycles. The van der Waals surface area contributed by atoms with Crippen molar-refractivity contribution in [1.29, 1.82) is 0 Å². The van der Waals surface area contributed by atoms with Crippen LogP contribution in [0.3, 0.4) is 0 Å². The van der Waals surface area contributed by atoms with Gasteiger partial charge in [0.05, 0.1) is 5.56 Å². The van der Waals surface area contributed by atoms with Gasteiger partial charge in [0.25, 0.3) is 0 Å². The Bertz CT molecular complexity index is 385. The van der Waals surface area contributed by atoms with Crippen LogP contribution in [-0.2, 0) is 6.18 Å². The molecule has 1 unspecified atom stereocenters. The topological polar surface area (TPSA) is 12.0 Å². The number of hydrogen-bond donors (Lipinski definition) is 1. The molecule has 0 aliphatic carbocycles. The highest BCUT2D eigenvalue weighted by molar-refractivity contribution is 5.34. The van der Waals surface area contributed by atoms with E-state index in [1.54, 1.807) is 13.0 Å². The molecule has 1 nitrogen and oxygen atoms in total. The number of rotatable bonds is 5. The fourth-order valence-corrected chi connectivity index (χ4v) is 2.11. The summed E-state index contributed by atoms with van der Waals surface area (Å²) >= 11 is 0. The second kappa shape index (κ2) is 6.23.